The molecule has 0 saturated carbocycles. The highest BCUT2D eigenvalue weighted by Crippen LogP contribution is 2.22. The minimum atomic E-state index is -3.60. The van der Waals surface area contributed by atoms with Gasteiger partial charge >= 0.3 is 10.1 Å². The van der Waals surface area contributed by atoms with Crippen LogP contribution in [-0.4, -0.2) is 25.0 Å². The van der Waals surface area contributed by atoms with E-state index in [9.17, 15) is 13.2 Å². The first kappa shape index (κ1) is 23.0. The lowest BCUT2D eigenvalue weighted by Gasteiger charge is -2.26. The van der Waals surface area contributed by atoms with Gasteiger partial charge in [-0.05, 0) is 49.6 Å². The Morgan fingerprint density at radius 2 is 1.93 bits per heavy atom. The third-order valence-electron chi connectivity index (χ3n) is 4.84. The van der Waals surface area contributed by atoms with Crippen LogP contribution in [-0.2, 0) is 28.0 Å². The summed E-state index contributed by atoms with van der Waals surface area (Å²) < 4.78 is 34.1. The van der Waals surface area contributed by atoms with E-state index in [4.69, 9.17) is 8.60 Å². The van der Waals surface area contributed by atoms with Gasteiger partial charge in [0.05, 0.1) is 18.6 Å². The second kappa shape index (κ2) is 11.0. The standard InChI is InChI=1S/C22H31NO5S/c1-4-7-11-19(5-2)22(24)23(17-21-13-9-14-27-21)16-18-10-8-12-20(15-18)28-29(25,26)6-3/h8-10,12-15,19H,4-7,11,16-17H2,1-3H3. The molecule has 1 aromatic carbocycles. The molecule has 0 saturated heterocycles. The molecule has 1 unspecified atom stereocenters. The molecule has 7 heteroatoms. The summed E-state index contributed by atoms with van der Waals surface area (Å²) in [4.78, 5) is 15.0. The molecule has 0 spiro atoms. The maximum atomic E-state index is 13.2. The predicted molar refractivity (Wildman–Crippen MR) is 113 cm³/mol. The van der Waals surface area contributed by atoms with Crippen molar-refractivity contribution >= 4 is 16.0 Å². The molecule has 0 aliphatic heterocycles. The van der Waals surface area contributed by atoms with Crippen molar-refractivity contribution < 1.29 is 21.8 Å². The Morgan fingerprint density at radius 1 is 1.14 bits per heavy atom. The zero-order valence-corrected chi connectivity index (χ0v) is 18.3. The largest absolute Gasteiger partial charge is 0.467 e. The average Bonchev–Trinajstić information content (AvgIpc) is 3.21. The van der Waals surface area contributed by atoms with Gasteiger partial charge in [-0.1, -0.05) is 38.8 Å². The second-order valence-corrected chi connectivity index (χ2v) is 8.96. The molecular formula is C22H31NO5S. The molecule has 6 nitrogen and oxygen atoms in total. The summed E-state index contributed by atoms with van der Waals surface area (Å²) >= 11 is 0. The summed E-state index contributed by atoms with van der Waals surface area (Å²) in [6.45, 7) is 6.41. The van der Waals surface area contributed by atoms with Crippen LogP contribution in [0.25, 0.3) is 0 Å². The minimum Gasteiger partial charge on any atom is -0.467 e. The van der Waals surface area contributed by atoms with E-state index in [0.29, 0.717) is 18.8 Å². The number of hydrogen-bond donors (Lipinski definition) is 0. The van der Waals surface area contributed by atoms with Gasteiger partial charge in [0.1, 0.15) is 11.5 Å². The van der Waals surface area contributed by atoms with Crippen LogP contribution >= 0.6 is 0 Å². The number of rotatable bonds is 12. The van der Waals surface area contributed by atoms with E-state index in [-0.39, 0.29) is 23.3 Å². The van der Waals surface area contributed by atoms with Crippen LogP contribution in [0, 0.1) is 5.92 Å². The molecule has 2 aromatic rings. The molecule has 29 heavy (non-hydrogen) atoms. The molecule has 1 aromatic heterocycles. The van der Waals surface area contributed by atoms with Gasteiger partial charge in [0.2, 0.25) is 5.91 Å². The van der Waals surface area contributed by atoms with E-state index in [2.05, 4.69) is 6.92 Å². The Balaban J connectivity index is 2.22. The van der Waals surface area contributed by atoms with Crippen molar-refractivity contribution in [3.63, 3.8) is 0 Å². The van der Waals surface area contributed by atoms with Crippen LogP contribution in [0.3, 0.4) is 0 Å². The second-order valence-electron chi connectivity index (χ2n) is 7.10. The number of amides is 1. The normalized spacial score (nSPS) is 12.5. The third kappa shape index (κ3) is 7.24. The molecule has 1 amide bonds. The van der Waals surface area contributed by atoms with Gasteiger partial charge in [-0.25, -0.2) is 0 Å². The predicted octanol–water partition coefficient (Wildman–Crippen LogP) is 4.75. The Kier molecular flexibility index (Phi) is 8.76. The number of hydrogen-bond acceptors (Lipinski definition) is 5. The Labute approximate surface area is 174 Å². The number of benzene rings is 1. The lowest BCUT2D eigenvalue weighted by Crippen LogP contribution is -2.35. The molecule has 1 heterocycles. The fraction of sp³-hybridized carbons (Fsp3) is 0.500. The first-order chi connectivity index (χ1) is 13.9. The average molecular weight is 422 g/mol. The van der Waals surface area contributed by atoms with Crippen molar-refractivity contribution in [2.45, 2.75) is 59.5 Å². The van der Waals surface area contributed by atoms with E-state index < -0.39 is 10.1 Å². The monoisotopic (exact) mass is 421 g/mol. The summed E-state index contributed by atoms with van der Waals surface area (Å²) in [5.74, 6) is 0.919. The number of nitrogens with zero attached hydrogens (tertiary/aromatic N) is 1. The van der Waals surface area contributed by atoms with Crippen molar-refractivity contribution in [2.75, 3.05) is 5.75 Å². The van der Waals surface area contributed by atoms with Crippen molar-refractivity contribution in [2.24, 2.45) is 5.92 Å². The molecule has 0 aliphatic rings. The molecule has 0 bridgehead atoms. The maximum Gasteiger partial charge on any atom is 0.308 e. The van der Waals surface area contributed by atoms with Crippen LogP contribution in [0.5, 0.6) is 5.75 Å². The topological polar surface area (TPSA) is 76.8 Å². The summed E-state index contributed by atoms with van der Waals surface area (Å²) in [5.41, 5.74) is 0.805. The number of furan rings is 1. The van der Waals surface area contributed by atoms with Gasteiger partial charge in [0, 0.05) is 12.5 Å². The lowest BCUT2D eigenvalue weighted by atomic mass is 9.97. The maximum absolute atomic E-state index is 13.2. The fourth-order valence-corrected chi connectivity index (χ4v) is 3.65. The Hall–Kier alpha value is -2.28. The van der Waals surface area contributed by atoms with Gasteiger partial charge in [-0.3, -0.25) is 4.79 Å². The van der Waals surface area contributed by atoms with Crippen LogP contribution in [0.1, 0.15) is 57.8 Å². The van der Waals surface area contributed by atoms with E-state index in [1.165, 1.54) is 6.92 Å². The van der Waals surface area contributed by atoms with Crippen molar-refractivity contribution in [3.05, 3.63) is 54.0 Å². The highest BCUT2D eigenvalue weighted by molar-refractivity contribution is 7.87. The van der Waals surface area contributed by atoms with Crippen LogP contribution < -0.4 is 4.18 Å². The quantitative estimate of drug-likeness (QED) is 0.462. The fourth-order valence-electron chi connectivity index (χ4n) is 3.13. The first-order valence-corrected chi connectivity index (χ1v) is 11.8. The first-order valence-electron chi connectivity index (χ1n) is 10.2. The van der Waals surface area contributed by atoms with Gasteiger partial charge in [-0.15, -0.1) is 0 Å². The molecule has 0 N–H and O–H groups in total. The molecular weight excluding hydrogens is 390 g/mol. The van der Waals surface area contributed by atoms with E-state index in [0.717, 1.165) is 31.2 Å². The number of carbonyl (C=O) groups excluding carboxylic acids is 1. The van der Waals surface area contributed by atoms with E-state index in [1.807, 2.05) is 19.1 Å². The molecule has 2 rings (SSSR count). The summed E-state index contributed by atoms with van der Waals surface area (Å²) in [5, 5.41) is 0. The zero-order chi connectivity index (χ0) is 21.3. The van der Waals surface area contributed by atoms with Gasteiger partial charge < -0.3 is 13.5 Å². The van der Waals surface area contributed by atoms with E-state index >= 15 is 0 Å². The SMILES string of the molecule is CCCCC(CC)C(=O)N(Cc1cccc(OS(=O)(=O)CC)c1)Cc1ccco1. The Bertz CT molecular complexity index is 861. The van der Waals surface area contributed by atoms with Gasteiger partial charge in [0.25, 0.3) is 0 Å². The molecule has 160 valence electrons. The summed E-state index contributed by atoms with van der Waals surface area (Å²) in [6.07, 6.45) is 5.30. The summed E-state index contributed by atoms with van der Waals surface area (Å²) in [7, 11) is -3.60. The molecule has 1 atom stereocenters. The van der Waals surface area contributed by atoms with Crippen molar-refractivity contribution in [1.29, 1.82) is 0 Å². The van der Waals surface area contributed by atoms with Crippen LogP contribution in [0.2, 0.25) is 0 Å². The Morgan fingerprint density at radius 3 is 2.55 bits per heavy atom. The highest BCUT2D eigenvalue weighted by Gasteiger charge is 2.24. The van der Waals surface area contributed by atoms with Crippen LogP contribution in [0.4, 0.5) is 0 Å². The van der Waals surface area contributed by atoms with Crippen molar-refractivity contribution in [3.8, 4) is 5.75 Å². The molecule has 0 radical (unpaired) electrons. The van der Waals surface area contributed by atoms with Gasteiger partial charge in [-0.2, -0.15) is 8.42 Å². The zero-order valence-electron chi connectivity index (χ0n) is 17.5. The smallest absolute Gasteiger partial charge is 0.308 e. The van der Waals surface area contributed by atoms with Crippen molar-refractivity contribution in [1.82, 2.24) is 4.90 Å². The number of unbranched alkanes of at least 4 members (excludes halogenated alkanes) is 1. The summed E-state index contributed by atoms with van der Waals surface area (Å²) in [6, 6.07) is 10.5. The molecule has 0 aliphatic carbocycles. The minimum absolute atomic E-state index is 0.0372. The lowest BCUT2D eigenvalue weighted by molar-refractivity contribution is -0.137. The van der Waals surface area contributed by atoms with Crippen LogP contribution in [0.15, 0.2) is 47.1 Å². The third-order valence-corrected chi connectivity index (χ3v) is 5.99. The number of carbonyl (C=O) groups is 1. The van der Waals surface area contributed by atoms with E-state index in [1.54, 1.807) is 35.4 Å². The van der Waals surface area contributed by atoms with Gasteiger partial charge in [0.15, 0.2) is 0 Å². The molecule has 0 fully saturated rings. The highest BCUT2D eigenvalue weighted by atomic mass is 32.2.